The number of hydrogen-bond donors (Lipinski definition) is 2. The molecule has 31 heavy (non-hydrogen) atoms. The molecule has 6 heteroatoms. The number of methoxy groups -OCH3 is 2. The summed E-state index contributed by atoms with van der Waals surface area (Å²) in [4.78, 5) is 17.3. The zero-order valence-electron chi connectivity index (χ0n) is 18.3. The van der Waals surface area contributed by atoms with Crippen LogP contribution in [0.2, 0.25) is 0 Å². The van der Waals surface area contributed by atoms with Gasteiger partial charge in [0.05, 0.1) is 36.8 Å². The van der Waals surface area contributed by atoms with Crippen molar-refractivity contribution in [3.05, 3.63) is 77.5 Å². The van der Waals surface area contributed by atoms with E-state index in [4.69, 9.17) is 9.47 Å². The number of rotatable bonds is 8. The zero-order chi connectivity index (χ0) is 22.4. The van der Waals surface area contributed by atoms with Crippen LogP contribution in [-0.4, -0.2) is 42.4 Å². The molecule has 0 aliphatic rings. The summed E-state index contributed by atoms with van der Waals surface area (Å²) in [7, 11) is 3.14. The lowest BCUT2D eigenvalue weighted by molar-refractivity contribution is 0.0552. The predicted octanol–water partition coefficient (Wildman–Crippen LogP) is 3.80. The van der Waals surface area contributed by atoms with Gasteiger partial charge in [0.2, 0.25) is 0 Å². The summed E-state index contributed by atoms with van der Waals surface area (Å²) >= 11 is 0. The number of amides is 1. The molecule has 162 valence electrons. The molecule has 1 amide bonds. The Morgan fingerprint density at radius 3 is 2.39 bits per heavy atom. The summed E-state index contributed by atoms with van der Waals surface area (Å²) in [5.74, 6) is 0.957. The number of ether oxygens (including phenoxy) is 2. The molecule has 0 spiro atoms. The number of aryl methyl sites for hydroxylation is 1. The number of hydrogen-bond acceptors (Lipinski definition) is 5. The Morgan fingerprint density at radius 1 is 1.03 bits per heavy atom. The van der Waals surface area contributed by atoms with Gasteiger partial charge in [-0.05, 0) is 43.7 Å². The first-order valence-corrected chi connectivity index (χ1v) is 10.1. The number of nitrogens with zero attached hydrogens (tertiary/aromatic N) is 1. The maximum absolute atomic E-state index is 12.7. The van der Waals surface area contributed by atoms with Gasteiger partial charge in [0, 0.05) is 18.5 Å². The summed E-state index contributed by atoms with van der Waals surface area (Å²) in [6, 6.07) is 18.9. The van der Waals surface area contributed by atoms with Gasteiger partial charge >= 0.3 is 0 Å². The molecule has 0 fully saturated rings. The minimum Gasteiger partial charge on any atom is -0.493 e. The molecule has 1 atom stereocenters. The maximum Gasteiger partial charge on any atom is 0.253 e. The Kier molecular flexibility index (Phi) is 6.92. The van der Waals surface area contributed by atoms with Gasteiger partial charge in [-0.3, -0.25) is 9.78 Å². The first kappa shape index (κ1) is 22.3. The van der Waals surface area contributed by atoms with E-state index >= 15 is 0 Å². The smallest absolute Gasteiger partial charge is 0.253 e. The number of carbonyl (C=O) groups excluding carboxylic acids is 1. The van der Waals surface area contributed by atoms with Crippen molar-refractivity contribution in [2.24, 2.45) is 0 Å². The molecule has 2 N–H and O–H groups in total. The van der Waals surface area contributed by atoms with Gasteiger partial charge < -0.3 is 19.9 Å². The highest BCUT2D eigenvalue weighted by Gasteiger charge is 2.23. The quantitative estimate of drug-likeness (QED) is 0.579. The van der Waals surface area contributed by atoms with E-state index in [-0.39, 0.29) is 12.5 Å². The van der Waals surface area contributed by atoms with Crippen molar-refractivity contribution in [1.29, 1.82) is 0 Å². The van der Waals surface area contributed by atoms with Crippen LogP contribution in [0, 0.1) is 6.92 Å². The molecule has 1 heterocycles. The number of aromatic nitrogens is 1. The summed E-state index contributed by atoms with van der Waals surface area (Å²) < 4.78 is 10.6. The van der Waals surface area contributed by atoms with E-state index in [0.717, 1.165) is 16.8 Å². The van der Waals surface area contributed by atoms with E-state index in [1.54, 1.807) is 33.3 Å². The van der Waals surface area contributed by atoms with Gasteiger partial charge in [0.25, 0.3) is 5.91 Å². The standard InChI is InChI=1S/C25H28N2O4/c1-17-20(11-12-21(27-17)19-8-6-5-7-9-19)24(28)26-16-25(2,29)15-18-10-13-22(30-3)23(14-18)31-4/h5-14,29H,15-16H2,1-4H3,(H,26,28). The van der Waals surface area contributed by atoms with Gasteiger partial charge in [-0.15, -0.1) is 0 Å². The van der Waals surface area contributed by atoms with Crippen LogP contribution in [0.5, 0.6) is 11.5 Å². The summed E-state index contributed by atoms with van der Waals surface area (Å²) in [6.07, 6.45) is 0.345. The van der Waals surface area contributed by atoms with Gasteiger partial charge in [-0.1, -0.05) is 36.4 Å². The van der Waals surface area contributed by atoms with E-state index < -0.39 is 5.60 Å². The molecule has 0 bridgehead atoms. The highest BCUT2D eigenvalue weighted by Crippen LogP contribution is 2.29. The van der Waals surface area contributed by atoms with Crippen LogP contribution in [0.15, 0.2) is 60.7 Å². The number of carbonyl (C=O) groups is 1. The first-order chi connectivity index (χ1) is 14.8. The van der Waals surface area contributed by atoms with Crippen LogP contribution in [0.3, 0.4) is 0 Å². The second kappa shape index (κ2) is 9.62. The number of nitrogens with one attached hydrogen (secondary N) is 1. The summed E-state index contributed by atoms with van der Waals surface area (Å²) in [5, 5.41) is 13.6. The number of pyridine rings is 1. The normalized spacial score (nSPS) is 12.7. The lowest BCUT2D eigenvalue weighted by Crippen LogP contribution is -2.42. The molecule has 0 aliphatic carbocycles. The molecule has 3 rings (SSSR count). The Bertz CT molecular complexity index is 1050. The fourth-order valence-electron chi connectivity index (χ4n) is 3.43. The fraction of sp³-hybridized carbons (Fsp3) is 0.280. The minimum atomic E-state index is -1.14. The van der Waals surface area contributed by atoms with E-state index in [1.807, 2.05) is 55.5 Å². The van der Waals surface area contributed by atoms with Crippen molar-refractivity contribution in [1.82, 2.24) is 10.3 Å². The van der Waals surface area contributed by atoms with Crippen LogP contribution >= 0.6 is 0 Å². The molecule has 0 aliphatic heterocycles. The Balaban J connectivity index is 1.65. The number of aliphatic hydroxyl groups is 1. The zero-order valence-corrected chi connectivity index (χ0v) is 18.3. The Morgan fingerprint density at radius 2 is 1.74 bits per heavy atom. The molecule has 0 saturated heterocycles. The average Bonchev–Trinajstić information content (AvgIpc) is 2.77. The van der Waals surface area contributed by atoms with Gasteiger partial charge in [-0.25, -0.2) is 0 Å². The molecule has 0 saturated carbocycles. The second-order valence-corrected chi connectivity index (χ2v) is 7.74. The van der Waals surface area contributed by atoms with E-state index in [0.29, 0.717) is 29.2 Å². The monoisotopic (exact) mass is 420 g/mol. The van der Waals surface area contributed by atoms with Crippen molar-refractivity contribution in [2.75, 3.05) is 20.8 Å². The Labute approximate surface area is 182 Å². The molecular formula is C25H28N2O4. The summed E-state index contributed by atoms with van der Waals surface area (Å²) in [6.45, 7) is 3.59. The topological polar surface area (TPSA) is 80.7 Å². The first-order valence-electron chi connectivity index (χ1n) is 10.1. The third-order valence-electron chi connectivity index (χ3n) is 5.06. The number of benzene rings is 2. The third-order valence-corrected chi connectivity index (χ3v) is 5.06. The summed E-state index contributed by atoms with van der Waals surface area (Å²) in [5.41, 5.74) is 2.67. The average molecular weight is 421 g/mol. The lowest BCUT2D eigenvalue weighted by Gasteiger charge is -2.24. The van der Waals surface area contributed by atoms with Crippen LogP contribution in [0.25, 0.3) is 11.3 Å². The maximum atomic E-state index is 12.7. The molecule has 6 nitrogen and oxygen atoms in total. The third kappa shape index (κ3) is 5.61. The highest BCUT2D eigenvalue weighted by atomic mass is 16.5. The van der Waals surface area contributed by atoms with Crippen LogP contribution in [0.1, 0.15) is 28.5 Å². The van der Waals surface area contributed by atoms with Crippen LogP contribution in [0.4, 0.5) is 0 Å². The highest BCUT2D eigenvalue weighted by molar-refractivity contribution is 5.95. The van der Waals surface area contributed by atoms with Gasteiger partial charge in [-0.2, -0.15) is 0 Å². The fourth-order valence-corrected chi connectivity index (χ4v) is 3.43. The van der Waals surface area contributed by atoms with Crippen LogP contribution < -0.4 is 14.8 Å². The van der Waals surface area contributed by atoms with Crippen LogP contribution in [-0.2, 0) is 6.42 Å². The van der Waals surface area contributed by atoms with Crippen molar-refractivity contribution in [3.63, 3.8) is 0 Å². The van der Waals surface area contributed by atoms with E-state index in [9.17, 15) is 9.90 Å². The SMILES string of the molecule is COc1ccc(CC(C)(O)CNC(=O)c2ccc(-c3ccccc3)nc2C)cc1OC. The largest absolute Gasteiger partial charge is 0.493 e. The lowest BCUT2D eigenvalue weighted by atomic mass is 9.96. The molecule has 1 aromatic heterocycles. The van der Waals surface area contributed by atoms with Crippen molar-refractivity contribution in [3.8, 4) is 22.8 Å². The van der Waals surface area contributed by atoms with Crippen molar-refractivity contribution < 1.29 is 19.4 Å². The molecular weight excluding hydrogens is 392 g/mol. The minimum absolute atomic E-state index is 0.0973. The van der Waals surface area contributed by atoms with E-state index in [2.05, 4.69) is 10.3 Å². The molecule has 2 aromatic carbocycles. The Hall–Kier alpha value is -3.38. The predicted molar refractivity (Wildman–Crippen MR) is 121 cm³/mol. The van der Waals surface area contributed by atoms with Gasteiger partial charge in [0.1, 0.15) is 0 Å². The van der Waals surface area contributed by atoms with E-state index in [1.165, 1.54) is 0 Å². The van der Waals surface area contributed by atoms with Crippen molar-refractivity contribution in [2.45, 2.75) is 25.9 Å². The van der Waals surface area contributed by atoms with Gasteiger partial charge in [0.15, 0.2) is 11.5 Å². The molecule has 0 radical (unpaired) electrons. The molecule has 1 unspecified atom stereocenters. The second-order valence-electron chi connectivity index (χ2n) is 7.74. The van der Waals surface area contributed by atoms with Crippen molar-refractivity contribution >= 4 is 5.91 Å². The molecule has 3 aromatic rings.